The standard InChI is InChI=1S/C18H19NO3/c1-18(21)14-9-5-6-10-15(14)22-12-16(18)19-17(20)11-13-7-3-2-4-8-13/h2-10,16,21H,11-12H2,1H3,(H,19,20). The summed E-state index contributed by atoms with van der Waals surface area (Å²) in [5, 5.41) is 13.7. The van der Waals surface area contributed by atoms with E-state index < -0.39 is 11.6 Å². The van der Waals surface area contributed by atoms with Crippen molar-refractivity contribution in [1.82, 2.24) is 5.32 Å². The quantitative estimate of drug-likeness (QED) is 0.911. The van der Waals surface area contributed by atoms with Crippen LogP contribution in [0.15, 0.2) is 54.6 Å². The van der Waals surface area contributed by atoms with Crippen LogP contribution in [0.3, 0.4) is 0 Å². The van der Waals surface area contributed by atoms with Gasteiger partial charge in [0.1, 0.15) is 18.0 Å². The van der Waals surface area contributed by atoms with Crippen LogP contribution >= 0.6 is 0 Å². The number of nitrogens with one attached hydrogen (secondary N) is 1. The number of rotatable bonds is 3. The van der Waals surface area contributed by atoms with Crippen molar-refractivity contribution in [2.75, 3.05) is 6.61 Å². The maximum atomic E-state index is 12.2. The molecule has 22 heavy (non-hydrogen) atoms. The SMILES string of the molecule is CC1(O)c2ccccc2OCC1NC(=O)Cc1ccccc1. The second-order valence-corrected chi connectivity index (χ2v) is 5.74. The van der Waals surface area contributed by atoms with Gasteiger partial charge in [0.25, 0.3) is 0 Å². The molecule has 2 N–H and O–H groups in total. The van der Waals surface area contributed by atoms with Gasteiger partial charge in [0, 0.05) is 5.56 Å². The number of hydrogen-bond acceptors (Lipinski definition) is 3. The smallest absolute Gasteiger partial charge is 0.224 e. The average molecular weight is 297 g/mol. The van der Waals surface area contributed by atoms with Gasteiger partial charge in [0.15, 0.2) is 0 Å². The van der Waals surface area contributed by atoms with Gasteiger partial charge >= 0.3 is 0 Å². The lowest BCUT2D eigenvalue weighted by molar-refractivity contribution is -0.124. The van der Waals surface area contributed by atoms with Crippen molar-refractivity contribution in [3.05, 3.63) is 65.7 Å². The molecular weight excluding hydrogens is 278 g/mol. The summed E-state index contributed by atoms with van der Waals surface area (Å²) >= 11 is 0. The van der Waals surface area contributed by atoms with E-state index in [-0.39, 0.29) is 18.9 Å². The second-order valence-electron chi connectivity index (χ2n) is 5.74. The molecule has 0 aromatic heterocycles. The first kappa shape index (κ1) is 14.6. The molecule has 0 bridgehead atoms. The number of ether oxygens (including phenoxy) is 1. The van der Waals surface area contributed by atoms with E-state index in [0.717, 1.165) is 5.56 Å². The number of hydrogen-bond donors (Lipinski definition) is 2. The zero-order valence-electron chi connectivity index (χ0n) is 12.5. The lowest BCUT2D eigenvalue weighted by Gasteiger charge is -2.38. The van der Waals surface area contributed by atoms with Crippen molar-refractivity contribution in [1.29, 1.82) is 0 Å². The van der Waals surface area contributed by atoms with Crippen LogP contribution in [0.25, 0.3) is 0 Å². The summed E-state index contributed by atoms with van der Waals surface area (Å²) < 4.78 is 5.65. The average Bonchev–Trinajstić information content (AvgIpc) is 2.51. The molecule has 4 heteroatoms. The molecule has 4 nitrogen and oxygen atoms in total. The first-order valence-corrected chi connectivity index (χ1v) is 7.35. The van der Waals surface area contributed by atoms with E-state index in [2.05, 4.69) is 5.32 Å². The number of amides is 1. The minimum atomic E-state index is -1.15. The number of para-hydroxylation sites is 1. The Morgan fingerprint density at radius 3 is 2.68 bits per heavy atom. The minimum Gasteiger partial charge on any atom is -0.491 e. The molecule has 0 radical (unpaired) electrons. The lowest BCUT2D eigenvalue weighted by Crippen LogP contribution is -2.55. The lowest BCUT2D eigenvalue weighted by atomic mass is 9.86. The number of aliphatic hydroxyl groups is 1. The molecule has 1 aliphatic heterocycles. The van der Waals surface area contributed by atoms with Gasteiger partial charge in [0.05, 0.1) is 12.5 Å². The van der Waals surface area contributed by atoms with E-state index in [4.69, 9.17) is 4.74 Å². The van der Waals surface area contributed by atoms with Crippen LogP contribution in [-0.2, 0) is 16.8 Å². The summed E-state index contributed by atoms with van der Waals surface area (Å²) in [5.41, 5.74) is 0.490. The molecule has 1 aliphatic rings. The Bertz CT molecular complexity index is 667. The number of carbonyl (C=O) groups is 1. The van der Waals surface area contributed by atoms with E-state index in [1.807, 2.05) is 54.6 Å². The van der Waals surface area contributed by atoms with Gasteiger partial charge in [-0.25, -0.2) is 0 Å². The van der Waals surface area contributed by atoms with Crippen molar-refractivity contribution in [3.63, 3.8) is 0 Å². The van der Waals surface area contributed by atoms with Crippen molar-refractivity contribution in [2.24, 2.45) is 0 Å². The van der Waals surface area contributed by atoms with Crippen molar-refractivity contribution < 1.29 is 14.6 Å². The fourth-order valence-corrected chi connectivity index (χ4v) is 2.74. The molecule has 2 aromatic carbocycles. The Morgan fingerprint density at radius 2 is 1.91 bits per heavy atom. The van der Waals surface area contributed by atoms with Gasteiger partial charge in [-0.15, -0.1) is 0 Å². The Kier molecular flexibility index (Phi) is 3.86. The number of carbonyl (C=O) groups excluding carboxylic acids is 1. The summed E-state index contributed by atoms with van der Waals surface area (Å²) in [4.78, 5) is 12.2. The largest absolute Gasteiger partial charge is 0.491 e. The van der Waals surface area contributed by atoms with Crippen LogP contribution in [0.4, 0.5) is 0 Å². The third kappa shape index (κ3) is 2.83. The van der Waals surface area contributed by atoms with E-state index >= 15 is 0 Å². The van der Waals surface area contributed by atoms with E-state index in [9.17, 15) is 9.90 Å². The molecular formula is C18H19NO3. The highest BCUT2D eigenvalue weighted by Gasteiger charge is 2.40. The molecule has 2 unspecified atom stereocenters. The monoisotopic (exact) mass is 297 g/mol. The summed E-state index contributed by atoms with van der Waals surface area (Å²) in [6.07, 6.45) is 0.287. The zero-order chi connectivity index (χ0) is 15.6. The molecule has 0 saturated carbocycles. The molecule has 0 spiro atoms. The Hall–Kier alpha value is -2.33. The van der Waals surface area contributed by atoms with Gasteiger partial charge < -0.3 is 15.2 Å². The van der Waals surface area contributed by atoms with Crippen LogP contribution in [0.5, 0.6) is 5.75 Å². The van der Waals surface area contributed by atoms with E-state index in [1.54, 1.807) is 6.92 Å². The Morgan fingerprint density at radius 1 is 1.23 bits per heavy atom. The minimum absolute atomic E-state index is 0.126. The van der Waals surface area contributed by atoms with Gasteiger partial charge in [0.2, 0.25) is 5.91 Å². The first-order chi connectivity index (χ1) is 10.6. The molecule has 1 heterocycles. The Balaban J connectivity index is 1.72. The van der Waals surface area contributed by atoms with Gasteiger partial charge in [-0.1, -0.05) is 48.5 Å². The second kappa shape index (κ2) is 5.81. The van der Waals surface area contributed by atoms with Gasteiger partial charge in [-0.05, 0) is 18.6 Å². The summed E-state index contributed by atoms with van der Waals surface area (Å²) in [5.74, 6) is 0.542. The van der Waals surface area contributed by atoms with E-state index in [0.29, 0.717) is 11.3 Å². The molecule has 0 saturated heterocycles. The summed E-state index contributed by atoms with van der Waals surface area (Å²) in [6, 6.07) is 16.4. The third-order valence-electron chi connectivity index (χ3n) is 4.06. The maximum Gasteiger partial charge on any atom is 0.224 e. The summed E-state index contributed by atoms with van der Waals surface area (Å²) in [7, 11) is 0. The van der Waals surface area contributed by atoms with Crippen molar-refractivity contribution in [3.8, 4) is 5.75 Å². The third-order valence-corrected chi connectivity index (χ3v) is 4.06. The highest BCUT2D eigenvalue weighted by Crippen LogP contribution is 2.36. The highest BCUT2D eigenvalue weighted by molar-refractivity contribution is 5.79. The van der Waals surface area contributed by atoms with Crippen molar-refractivity contribution in [2.45, 2.75) is 25.0 Å². The van der Waals surface area contributed by atoms with Crippen LogP contribution in [-0.4, -0.2) is 23.7 Å². The predicted octanol–water partition coefficient (Wildman–Crippen LogP) is 2.01. The summed E-state index contributed by atoms with van der Waals surface area (Å²) in [6.45, 7) is 1.96. The topological polar surface area (TPSA) is 58.6 Å². The number of fused-ring (bicyclic) bond motifs is 1. The van der Waals surface area contributed by atoms with Crippen LogP contribution < -0.4 is 10.1 Å². The molecule has 3 rings (SSSR count). The molecule has 2 atom stereocenters. The van der Waals surface area contributed by atoms with E-state index in [1.165, 1.54) is 0 Å². The fourth-order valence-electron chi connectivity index (χ4n) is 2.74. The molecule has 114 valence electrons. The molecule has 0 aliphatic carbocycles. The van der Waals surface area contributed by atoms with Crippen LogP contribution in [0, 0.1) is 0 Å². The molecule has 0 fully saturated rings. The normalized spacial score (nSPS) is 23.3. The highest BCUT2D eigenvalue weighted by atomic mass is 16.5. The molecule has 2 aromatic rings. The molecule has 1 amide bonds. The van der Waals surface area contributed by atoms with Gasteiger partial charge in [-0.2, -0.15) is 0 Å². The fraction of sp³-hybridized carbons (Fsp3) is 0.278. The van der Waals surface area contributed by atoms with Crippen molar-refractivity contribution >= 4 is 5.91 Å². The zero-order valence-corrected chi connectivity index (χ0v) is 12.5. The number of benzene rings is 2. The Labute approximate surface area is 129 Å². The predicted molar refractivity (Wildman–Crippen MR) is 83.6 cm³/mol. The van der Waals surface area contributed by atoms with Crippen LogP contribution in [0.2, 0.25) is 0 Å². The van der Waals surface area contributed by atoms with Gasteiger partial charge in [-0.3, -0.25) is 4.79 Å². The van der Waals surface area contributed by atoms with Crippen LogP contribution in [0.1, 0.15) is 18.1 Å². The maximum absolute atomic E-state index is 12.2. The first-order valence-electron chi connectivity index (χ1n) is 7.35.